The number of benzene rings is 1. The van der Waals surface area contributed by atoms with Gasteiger partial charge >= 0.3 is 0 Å². The summed E-state index contributed by atoms with van der Waals surface area (Å²) < 4.78 is 32.3. The molecule has 1 aromatic carbocycles. The summed E-state index contributed by atoms with van der Waals surface area (Å²) in [6.07, 6.45) is 0. The van der Waals surface area contributed by atoms with Crippen LogP contribution in [0.3, 0.4) is 0 Å². The molecule has 1 fully saturated rings. The van der Waals surface area contributed by atoms with Crippen LogP contribution in [0.5, 0.6) is 5.75 Å². The lowest BCUT2D eigenvalue weighted by Gasteiger charge is -2.31. The summed E-state index contributed by atoms with van der Waals surface area (Å²) in [5.41, 5.74) is 0. The van der Waals surface area contributed by atoms with E-state index in [1.54, 1.807) is 24.3 Å². The Labute approximate surface area is 166 Å². The number of nitrogens with zero attached hydrogens (tertiary/aromatic N) is 1. The maximum absolute atomic E-state index is 12.8. The second-order valence-corrected chi connectivity index (χ2v) is 8.40. The standard InChI is InChI=1S/C18H28N4O5S/c1-3-19-17(23)13-20-18(24)14-21-9-11-22(12-10-21)28(25,26)16-7-5-15(6-8-16)27-4-2/h5-8H,3-4,9-14H2,1-2H3,(H,19,23)(H,20,24)/p+1. The summed E-state index contributed by atoms with van der Waals surface area (Å²) in [5.74, 6) is 0.190. The van der Waals surface area contributed by atoms with Crippen LogP contribution in [0, 0.1) is 0 Å². The van der Waals surface area contributed by atoms with Crippen LogP contribution in [-0.2, 0) is 19.6 Å². The molecule has 2 rings (SSSR count). The van der Waals surface area contributed by atoms with Crippen LogP contribution in [0.15, 0.2) is 29.2 Å². The van der Waals surface area contributed by atoms with E-state index >= 15 is 0 Å². The Bertz CT molecular complexity index is 759. The molecule has 0 bridgehead atoms. The maximum atomic E-state index is 12.8. The number of hydrogen-bond donors (Lipinski definition) is 3. The predicted molar refractivity (Wildman–Crippen MR) is 104 cm³/mol. The van der Waals surface area contributed by atoms with Crippen molar-refractivity contribution in [3.05, 3.63) is 24.3 Å². The highest BCUT2D eigenvalue weighted by atomic mass is 32.2. The third kappa shape index (κ3) is 6.18. The van der Waals surface area contributed by atoms with Crippen molar-refractivity contribution in [1.29, 1.82) is 0 Å². The number of hydrogen-bond acceptors (Lipinski definition) is 5. The number of amides is 2. The van der Waals surface area contributed by atoms with Gasteiger partial charge in [0.05, 0.1) is 44.2 Å². The monoisotopic (exact) mass is 413 g/mol. The second-order valence-electron chi connectivity index (χ2n) is 6.47. The highest BCUT2D eigenvalue weighted by molar-refractivity contribution is 7.89. The molecule has 156 valence electrons. The average molecular weight is 414 g/mol. The smallest absolute Gasteiger partial charge is 0.275 e. The van der Waals surface area contributed by atoms with E-state index in [0.717, 1.165) is 4.90 Å². The topological polar surface area (TPSA) is 109 Å². The lowest BCUT2D eigenvalue weighted by Crippen LogP contribution is -3.15. The van der Waals surface area contributed by atoms with Crippen molar-refractivity contribution in [1.82, 2.24) is 14.9 Å². The van der Waals surface area contributed by atoms with Gasteiger partial charge in [-0.05, 0) is 38.1 Å². The zero-order valence-corrected chi connectivity index (χ0v) is 17.2. The summed E-state index contributed by atoms with van der Waals surface area (Å²) >= 11 is 0. The molecular formula is C18H29N4O5S+. The van der Waals surface area contributed by atoms with Crippen molar-refractivity contribution in [3.8, 4) is 5.75 Å². The number of nitrogens with one attached hydrogen (secondary N) is 3. The molecule has 1 heterocycles. The van der Waals surface area contributed by atoms with Gasteiger partial charge in [-0.3, -0.25) is 9.59 Å². The predicted octanol–water partition coefficient (Wildman–Crippen LogP) is -1.77. The van der Waals surface area contributed by atoms with E-state index in [-0.39, 0.29) is 29.8 Å². The van der Waals surface area contributed by atoms with Crippen molar-refractivity contribution >= 4 is 21.8 Å². The first-order valence-electron chi connectivity index (χ1n) is 9.46. The molecule has 2 amide bonds. The van der Waals surface area contributed by atoms with Crippen molar-refractivity contribution in [3.63, 3.8) is 0 Å². The Morgan fingerprint density at radius 3 is 2.29 bits per heavy atom. The Balaban J connectivity index is 1.83. The Hall–Kier alpha value is -2.17. The molecule has 0 radical (unpaired) electrons. The molecule has 0 aromatic heterocycles. The molecule has 1 aliphatic rings. The molecule has 0 aliphatic carbocycles. The zero-order valence-electron chi connectivity index (χ0n) is 16.4. The molecule has 0 unspecified atom stereocenters. The first kappa shape index (κ1) is 22.1. The minimum Gasteiger partial charge on any atom is -0.494 e. The second kappa shape index (κ2) is 10.4. The third-order valence-corrected chi connectivity index (χ3v) is 6.35. The fraction of sp³-hybridized carbons (Fsp3) is 0.556. The zero-order chi connectivity index (χ0) is 20.6. The molecule has 1 saturated heterocycles. The molecule has 0 saturated carbocycles. The Morgan fingerprint density at radius 1 is 1.07 bits per heavy atom. The van der Waals surface area contributed by atoms with E-state index in [9.17, 15) is 18.0 Å². The Kier molecular flexibility index (Phi) is 8.21. The van der Waals surface area contributed by atoms with Crippen molar-refractivity contribution in [2.75, 3.05) is 52.4 Å². The maximum Gasteiger partial charge on any atom is 0.275 e. The van der Waals surface area contributed by atoms with Crippen LogP contribution < -0.4 is 20.3 Å². The third-order valence-electron chi connectivity index (χ3n) is 4.43. The van der Waals surface area contributed by atoms with Crippen molar-refractivity contribution in [2.24, 2.45) is 0 Å². The molecule has 3 N–H and O–H groups in total. The summed E-state index contributed by atoms with van der Waals surface area (Å²) in [6.45, 7) is 6.64. The van der Waals surface area contributed by atoms with Crippen LogP contribution in [0.25, 0.3) is 0 Å². The fourth-order valence-corrected chi connectivity index (χ4v) is 4.41. The minimum atomic E-state index is -3.56. The van der Waals surface area contributed by atoms with Gasteiger partial charge in [0.1, 0.15) is 5.75 Å². The Morgan fingerprint density at radius 2 is 1.71 bits per heavy atom. The largest absolute Gasteiger partial charge is 0.494 e. The molecule has 0 spiro atoms. The summed E-state index contributed by atoms with van der Waals surface area (Å²) in [5, 5.41) is 5.19. The van der Waals surface area contributed by atoms with Gasteiger partial charge in [-0.1, -0.05) is 0 Å². The molecule has 28 heavy (non-hydrogen) atoms. The van der Waals surface area contributed by atoms with E-state index in [1.807, 2.05) is 13.8 Å². The quantitative estimate of drug-likeness (QED) is 0.444. The van der Waals surface area contributed by atoms with Crippen LogP contribution >= 0.6 is 0 Å². The van der Waals surface area contributed by atoms with Crippen molar-refractivity contribution < 1.29 is 27.6 Å². The van der Waals surface area contributed by atoms with Crippen LogP contribution in [0.1, 0.15) is 13.8 Å². The van der Waals surface area contributed by atoms with Gasteiger partial charge in [0, 0.05) is 6.54 Å². The lowest BCUT2D eigenvalue weighted by atomic mass is 10.3. The number of sulfonamides is 1. The molecule has 1 aliphatic heterocycles. The van der Waals surface area contributed by atoms with Crippen LogP contribution in [0.2, 0.25) is 0 Å². The van der Waals surface area contributed by atoms with Crippen molar-refractivity contribution in [2.45, 2.75) is 18.7 Å². The van der Waals surface area contributed by atoms with E-state index in [2.05, 4.69) is 10.6 Å². The molecule has 9 nitrogen and oxygen atoms in total. The number of carbonyl (C=O) groups excluding carboxylic acids is 2. The minimum absolute atomic E-state index is 0.0435. The van der Waals surface area contributed by atoms with Crippen LogP contribution in [-0.4, -0.2) is 77.0 Å². The number of quaternary nitrogens is 1. The van der Waals surface area contributed by atoms with E-state index in [4.69, 9.17) is 4.74 Å². The van der Waals surface area contributed by atoms with Gasteiger partial charge in [-0.25, -0.2) is 8.42 Å². The molecule has 0 atom stereocenters. The number of ether oxygens (including phenoxy) is 1. The number of likely N-dealkylation sites (N-methyl/N-ethyl adjacent to an activating group) is 1. The van der Waals surface area contributed by atoms with Gasteiger partial charge in [-0.2, -0.15) is 4.31 Å². The van der Waals surface area contributed by atoms with E-state index in [0.29, 0.717) is 45.1 Å². The normalized spacial score (nSPS) is 15.8. The number of carbonyl (C=O) groups is 2. The first-order chi connectivity index (χ1) is 13.4. The van der Waals surface area contributed by atoms with E-state index < -0.39 is 10.0 Å². The fourth-order valence-electron chi connectivity index (χ4n) is 2.97. The summed E-state index contributed by atoms with van der Waals surface area (Å²) in [7, 11) is -3.56. The van der Waals surface area contributed by atoms with Gasteiger partial charge in [-0.15, -0.1) is 0 Å². The number of rotatable bonds is 9. The lowest BCUT2D eigenvalue weighted by molar-refractivity contribution is -0.895. The molecular weight excluding hydrogens is 384 g/mol. The summed E-state index contributed by atoms with van der Waals surface area (Å²) in [4.78, 5) is 24.5. The molecule has 10 heteroatoms. The average Bonchev–Trinajstić information content (AvgIpc) is 2.68. The highest BCUT2D eigenvalue weighted by Gasteiger charge is 2.31. The van der Waals surface area contributed by atoms with E-state index in [1.165, 1.54) is 4.31 Å². The van der Waals surface area contributed by atoms with Gasteiger partial charge in [0.25, 0.3) is 5.91 Å². The SMILES string of the molecule is CCNC(=O)CNC(=O)C[NH+]1CCN(S(=O)(=O)c2ccc(OCC)cc2)CC1. The summed E-state index contributed by atoms with van der Waals surface area (Å²) in [6, 6.07) is 6.40. The van der Waals surface area contributed by atoms with Gasteiger partial charge in [0.2, 0.25) is 15.9 Å². The first-order valence-corrected chi connectivity index (χ1v) is 10.9. The van der Waals surface area contributed by atoms with Gasteiger partial charge in [0.15, 0.2) is 6.54 Å². The molecule has 1 aromatic rings. The van der Waals surface area contributed by atoms with Crippen LogP contribution in [0.4, 0.5) is 0 Å². The highest BCUT2D eigenvalue weighted by Crippen LogP contribution is 2.19. The van der Waals surface area contributed by atoms with Gasteiger partial charge < -0.3 is 20.3 Å². The number of piperazine rings is 1.